The topological polar surface area (TPSA) is 6.48 Å². The number of rotatable bonds is 5. The summed E-state index contributed by atoms with van der Waals surface area (Å²) in [6.07, 6.45) is 4.42. The van der Waals surface area contributed by atoms with Crippen LogP contribution in [0.2, 0.25) is 0 Å². The quantitative estimate of drug-likeness (QED) is 0.148. The van der Waals surface area contributed by atoms with Crippen molar-refractivity contribution in [1.82, 2.24) is 9.34 Å². The molecule has 0 amide bonds. The van der Waals surface area contributed by atoms with E-state index in [1.807, 2.05) is 52.2 Å². The van der Waals surface area contributed by atoms with Crippen LogP contribution in [0.1, 0.15) is 36.1 Å². The fourth-order valence-corrected chi connectivity index (χ4v) is 6.62. The van der Waals surface area contributed by atoms with Crippen molar-refractivity contribution in [2.75, 3.05) is 28.2 Å². The minimum Gasteiger partial charge on any atom is -1.00 e. The molecule has 5 rings (SSSR count). The Hall–Kier alpha value is -0.695. The molecule has 2 radical (unpaired) electrons. The number of benzene rings is 4. The molecule has 4 aromatic carbocycles. The number of fused-ring (bicyclic) bond motifs is 2. The summed E-state index contributed by atoms with van der Waals surface area (Å²) in [4.78, 5) is 0. The van der Waals surface area contributed by atoms with Gasteiger partial charge in [-0.05, 0) is 75.6 Å². The van der Waals surface area contributed by atoms with Gasteiger partial charge in [-0.15, -0.1) is 0 Å². The van der Waals surface area contributed by atoms with Gasteiger partial charge in [-0.1, -0.05) is 84.9 Å². The van der Waals surface area contributed by atoms with Gasteiger partial charge in [-0.3, -0.25) is 9.34 Å². The van der Waals surface area contributed by atoms with Gasteiger partial charge >= 0.3 is 18.9 Å². The van der Waals surface area contributed by atoms with E-state index < -0.39 is 6.78 Å². The molecule has 0 bridgehead atoms. The van der Waals surface area contributed by atoms with E-state index in [1.165, 1.54) is 45.7 Å². The van der Waals surface area contributed by atoms with Crippen LogP contribution in [-0.4, -0.2) is 56.4 Å². The van der Waals surface area contributed by atoms with Crippen molar-refractivity contribution in [3.8, 4) is 0 Å². The number of aryl methyl sites for hydroxylation is 4. The number of halogens is 2. The summed E-state index contributed by atoms with van der Waals surface area (Å²) in [6.45, 7) is 3.12. The molecule has 43 heavy (non-hydrogen) atoms. The average Bonchev–Trinajstić information content (AvgIpc) is 3.16. The zero-order chi connectivity index (χ0) is 29.3. The van der Waals surface area contributed by atoms with Crippen molar-refractivity contribution >= 4 is 66.8 Å². The Bertz CT molecular complexity index is 1140. The number of hydrogen-bond donors (Lipinski definition) is 0. The molecule has 1 heterocycles. The van der Waals surface area contributed by atoms with E-state index in [4.69, 9.17) is 22.5 Å². The average molecular weight is 640 g/mol. The molecule has 1 aliphatic heterocycles. The molecule has 0 spiro atoms. The number of hydrogen-bond acceptors (Lipinski definition) is 2. The maximum Gasteiger partial charge on any atom is 1.00 e. The van der Waals surface area contributed by atoms with Crippen molar-refractivity contribution < 1.29 is 18.9 Å². The molecule has 8 heteroatoms. The third-order valence-electron chi connectivity index (χ3n) is 6.02. The Morgan fingerprint density at radius 1 is 0.674 bits per heavy atom. The molecule has 0 saturated carbocycles. The van der Waals surface area contributed by atoms with E-state index in [-0.39, 0.29) is 53.2 Å². The molecule has 0 aromatic heterocycles. The van der Waals surface area contributed by atoms with Crippen molar-refractivity contribution in [3.05, 3.63) is 139 Å². The Morgan fingerprint density at radius 2 is 1.02 bits per heavy atom. The van der Waals surface area contributed by atoms with Gasteiger partial charge in [0, 0.05) is 15.5 Å². The molecule has 0 fully saturated rings. The second kappa shape index (κ2) is 25.5. The third kappa shape index (κ3) is 15.9. The molecular formula is C35H45Cl2Li2N2P2-. The van der Waals surface area contributed by atoms with Crippen LogP contribution in [0.4, 0.5) is 0 Å². The van der Waals surface area contributed by atoms with Gasteiger partial charge in [0.1, 0.15) is 0 Å². The van der Waals surface area contributed by atoms with Crippen molar-refractivity contribution in [1.29, 1.82) is 0 Å². The van der Waals surface area contributed by atoms with Gasteiger partial charge in [0.2, 0.25) is 0 Å². The van der Waals surface area contributed by atoms with Crippen LogP contribution in [0.25, 0.3) is 0 Å². The van der Waals surface area contributed by atoms with Crippen LogP contribution in [-0.2, 0) is 25.7 Å². The summed E-state index contributed by atoms with van der Waals surface area (Å²) < 4.78 is 4.15. The van der Waals surface area contributed by atoms with Gasteiger partial charge in [0.05, 0.1) is 0 Å². The monoisotopic (exact) mass is 639 g/mol. The molecule has 0 aliphatic carbocycles. The predicted molar refractivity (Wildman–Crippen MR) is 194 cm³/mol. The maximum atomic E-state index is 5.37. The van der Waals surface area contributed by atoms with Crippen molar-refractivity contribution in [3.63, 3.8) is 0 Å². The summed E-state index contributed by atoms with van der Waals surface area (Å²) in [7, 11) is 7.72. The van der Waals surface area contributed by atoms with Crippen LogP contribution in [0, 0.1) is 19.6 Å². The second-order valence-electron chi connectivity index (χ2n) is 9.25. The molecule has 0 saturated heterocycles. The zero-order valence-corrected chi connectivity index (χ0v) is 30.9. The van der Waals surface area contributed by atoms with E-state index in [0.29, 0.717) is 0 Å². The fraction of sp³-hybridized carbons (Fsp3) is 0.286. The van der Waals surface area contributed by atoms with Crippen LogP contribution < -0.4 is 29.5 Å². The first-order valence-corrected chi connectivity index (χ1v) is 18.1. The smallest absolute Gasteiger partial charge is 1.00 e. The Morgan fingerprint density at radius 3 is 1.33 bits per heavy atom. The fourth-order valence-electron chi connectivity index (χ4n) is 4.13. The van der Waals surface area contributed by atoms with E-state index in [1.54, 1.807) is 4.67 Å². The van der Waals surface area contributed by atoms with Gasteiger partial charge in [0.25, 0.3) is 0 Å². The summed E-state index contributed by atoms with van der Waals surface area (Å²) in [5.74, 6) is 0. The third-order valence-corrected chi connectivity index (χ3v) is 11.0. The molecule has 4 aromatic rings. The first-order valence-electron chi connectivity index (χ1n) is 13.7. The van der Waals surface area contributed by atoms with Crippen LogP contribution in [0.5, 0.6) is 0 Å². The van der Waals surface area contributed by atoms with E-state index >= 15 is 0 Å². The van der Waals surface area contributed by atoms with Gasteiger partial charge in [0.15, 0.2) is 6.78 Å². The molecule has 0 unspecified atom stereocenters. The summed E-state index contributed by atoms with van der Waals surface area (Å²) in [6, 6.07) is 40.6. The molecular weight excluding hydrogens is 595 g/mol. The Balaban J connectivity index is 0. The summed E-state index contributed by atoms with van der Waals surface area (Å²) >= 11 is 10.7. The first kappa shape index (κ1) is 44.4. The largest absolute Gasteiger partial charge is 1.00 e. The van der Waals surface area contributed by atoms with E-state index in [9.17, 15) is 0 Å². The molecule has 2 nitrogen and oxygen atoms in total. The number of nitrogens with zero attached hydrogens (tertiary/aromatic N) is 2. The van der Waals surface area contributed by atoms with Gasteiger partial charge in [-0.2, -0.15) is 71.8 Å². The van der Waals surface area contributed by atoms with E-state index in [0.717, 1.165) is 12.8 Å². The second-order valence-corrected chi connectivity index (χ2v) is 15.3. The minimum atomic E-state index is -0.882. The molecule has 1 aliphatic rings. The normalized spacial score (nSPS) is 11.2. The molecule has 222 valence electrons. The van der Waals surface area contributed by atoms with Gasteiger partial charge < -0.3 is 18.9 Å². The molecule has 0 atom stereocenters. The van der Waals surface area contributed by atoms with Crippen LogP contribution in [0.15, 0.2) is 97.1 Å². The summed E-state index contributed by atoms with van der Waals surface area (Å²) in [5.41, 5.74) is 5.58. The Kier molecular flexibility index (Phi) is 26.3. The van der Waals surface area contributed by atoms with Crippen LogP contribution in [0.3, 0.4) is 0 Å². The predicted octanol–water partition coefficient (Wildman–Crippen LogP) is 6.12. The summed E-state index contributed by atoms with van der Waals surface area (Å²) in [5, 5.41) is 3.06. The zero-order valence-electron chi connectivity index (χ0n) is 27.6. The SMILES string of the molecule is CC.CN(C)P(Cl)Cl.CN(C)P1c2ccccc2CCc2ccccc21.[CH3+].[Li+].[Li-].[c-]1ccccc1CCc1[c-]cccc1. The molecule has 0 N–H and O–H groups in total. The first-order chi connectivity index (χ1) is 19.4. The van der Waals surface area contributed by atoms with Crippen molar-refractivity contribution in [2.24, 2.45) is 0 Å². The van der Waals surface area contributed by atoms with Crippen LogP contribution >= 0.6 is 37.3 Å². The van der Waals surface area contributed by atoms with Crippen molar-refractivity contribution in [2.45, 2.75) is 39.5 Å². The van der Waals surface area contributed by atoms with E-state index in [2.05, 4.69) is 104 Å². The Labute approximate surface area is 299 Å². The maximum absolute atomic E-state index is 5.37. The minimum absolute atomic E-state index is 0. The standard InChI is InChI=1S/C16H18NP.C14H12.C2H6Cl2NP.C2H6.CH3.2Li/c1-17(2)18-15-9-5-3-7-13(15)11-12-14-8-4-6-10-16(14)18;1-3-7-13(8-4-1)11-12-14-9-5-2-6-10-14;1-5(2)6(3)4;1-2;;;/h3-10H,11-12H2,1-2H3;1-7,9H,11-12H2;1-2H3;1-2H3;1H3;;/q;-2;;;+1;-1;+1. The van der Waals surface area contributed by atoms with Gasteiger partial charge in [-0.25, -0.2) is 0 Å².